The summed E-state index contributed by atoms with van der Waals surface area (Å²) in [4.78, 5) is 0. The molecule has 0 rings (SSSR count). The lowest BCUT2D eigenvalue weighted by Crippen LogP contribution is -1.96. The quantitative estimate of drug-likeness (QED) is 0.539. The Morgan fingerprint density at radius 2 is 1.82 bits per heavy atom. The average molecular weight is 155 g/mol. The normalized spacial score (nSPS) is 13.9. The van der Waals surface area contributed by atoms with Gasteiger partial charge in [-0.15, -0.1) is 0 Å². The lowest BCUT2D eigenvalue weighted by molar-refractivity contribution is 0.462. The van der Waals surface area contributed by atoms with Gasteiger partial charge < -0.3 is 0 Å². The monoisotopic (exact) mass is 155 g/mol. The SMILES string of the molecule is CCCCC(C)CC[C](C)C. The number of rotatable bonds is 6. The standard InChI is InChI=1S/C11H23/c1-5-6-7-11(4)9-8-10(2)3/h11H,5-9H2,1-4H3. The van der Waals surface area contributed by atoms with E-state index in [0.29, 0.717) is 0 Å². The minimum absolute atomic E-state index is 0.935. The Kier molecular flexibility index (Phi) is 6.69. The van der Waals surface area contributed by atoms with Gasteiger partial charge >= 0.3 is 0 Å². The third-order valence-corrected chi connectivity index (χ3v) is 2.19. The fourth-order valence-corrected chi connectivity index (χ4v) is 1.23. The molecule has 0 spiro atoms. The number of unbranched alkanes of at least 4 members (excludes halogenated alkanes) is 1. The molecule has 0 nitrogen and oxygen atoms in total. The molecule has 0 aliphatic heterocycles. The molecule has 67 valence electrons. The molecule has 0 aliphatic carbocycles. The van der Waals surface area contributed by atoms with E-state index in [1.807, 2.05) is 0 Å². The van der Waals surface area contributed by atoms with E-state index in [9.17, 15) is 0 Å². The van der Waals surface area contributed by atoms with Crippen molar-refractivity contribution in [2.45, 2.75) is 59.8 Å². The Balaban J connectivity index is 3.15. The molecule has 0 heterocycles. The lowest BCUT2D eigenvalue weighted by atomic mass is 9.95. The molecule has 0 aromatic heterocycles. The van der Waals surface area contributed by atoms with E-state index in [4.69, 9.17) is 0 Å². The smallest absolute Gasteiger partial charge is 0.0303 e. The minimum atomic E-state index is 0.935. The molecule has 0 fully saturated rings. The highest BCUT2D eigenvalue weighted by molar-refractivity contribution is 4.76. The Labute approximate surface area is 72.4 Å². The van der Waals surface area contributed by atoms with Crippen molar-refractivity contribution in [1.82, 2.24) is 0 Å². The molecular formula is C11H23. The van der Waals surface area contributed by atoms with E-state index in [2.05, 4.69) is 27.7 Å². The lowest BCUT2D eigenvalue weighted by Gasteiger charge is -2.11. The summed E-state index contributed by atoms with van der Waals surface area (Å²) in [5.74, 6) is 2.51. The highest BCUT2D eigenvalue weighted by atomic mass is 14.1. The highest BCUT2D eigenvalue weighted by Crippen LogP contribution is 2.17. The van der Waals surface area contributed by atoms with Crippen molar-refractivity contribution in [3.8, 4) is 0 Å². The zero-order valence-corrected chi connectivity index (χ0v) is 8.61. The maximum Gasteiger partial charge on any atom is -0.0303 e. The van der Waals surface area contributed by atoms with Crippen molar-refractivity contribution in [3.63, 3.8) is 0 Å². The molecule has 1 radical (unpaired) electrons. The van der Waals surface area contributed by atoms with Crippen LogP contribution in [0.5, 0.6) is 0 Å². The van der Waals surface area contributed by atoms with Crippen molar-refractivity contribution in [2.75, 3.05) is 0 Å². The van der Waals surface area contributed by atoms with E-state index < -0.39 is 0 Å². The molecule has 0 aliphatic rings. The fourth-order valence-electron chi connectivity index (χ4n) is 1.23. The van der Waals surface area contributed by atoms with Gasteiger partial charge in [0, 0.05) is 0 Å². The Morgan fingerprint density at radius 3 is 2.27 bits per heavy atom. The van der Waals surface area contributed by atoms with Gasteiger partial charge in [0.05, 0.1) is 0 Å². The molecule has 11 heavy (non-hydrogen) atoms. The first-order valence-corrected chi connectivity index (χ1v) is 4.95. The number of hydrogen-bond donors (Lipinski definition) is 0. The van der Waals surface area contributed by atoms with Crippen LogP contribution in [-0.4, -0.2) is 0 Å². The molecule has 0 aromatic carbocycles. The molecule has 1 unspecified atom stereocenters. The van der Waals surface area contributed by atoms with Gasteiger partial charge in [0.1, 0.15) is 0 Å². The van der Waals surface area contributed by atoms with Gasteiger partial charge in [-0.1, -0.05) is 53.4 Å². The van der Waals surface area contributed by atoms with Crippen LogP contribution in [0.1, 0.15) is 59.8 Å². The summed E-state index contributed by atoms with van der Waals surface area (Å²) in [5, 5.41) is 0. The molecule has 0 N–H and O–H groups in total. The summed E-state index contributed by atoms with van der Waals surface area (Å²) in [7, 11) is 0. The van der Waals surface area contributed by atoms with Gasteiger partial charge in [-0.2, -0.15) is 0 Å². The van der Waals surface area contributed by atoms with Crippen LogP contribution < -0.4 is 0 Å². The van der Waals surface area contributed by atoms with Gasteiger partial charge in [0.15, 0.2) is 0 Å². The summed E-state index contributed by atoms with van der Waals surface area (Å²) in [6, 6.07) is 0. The fraction of sp³-hybridized carbons (Fsp3) is 0.909. The van der Waals surface area contributed by atoms with Crippen LogP contribution in [0.15, 0.2) is 0 Å². The second kappa shape index (κ2) is 6.69. The summed E-state index contributed by atoms with van der Waals surface area (Å²) >= 11 is 0. The molecule has 0 saturated carbocycles. The van der Waals surface area contributed by atoms with Gasteiger partial charge in [-0.25, -0.2) is 0 Å². The van der Waals surface area contributed by atoms with E-state index in [0.717, 1.165) is 5.92 Å². The Bertz CT molecular complexity index is 74.1. The molecule has 0 saturated heterocycles. The summed E-state index contributed by atoms with van der Waals surface area (Å²) in [6.07, 6.45) is 6.89. The van der Waals surface area contributed by atoms with Crippen molar-refractivity contribution >= 4 is 0 Å². The largest absolute Gasteiger partial charge is 0.0654 e. The predicted molar refractivity (Wildman–Crippen MR) is 52.5 cm³/mol. The topological polar surface area (TPSA) is 0 Å². The Hall–Kier alpha value is 0. The van der Waals surface area contributed by atoms with Crippen LogP contribution in [0.4, 0.5) is 0 Å². The summed E-state index contributed by atoms with van der Waals surface area (Å²) in [6.45, 7) is 9.10. The van der Waals surface area contributed by atoms with Crippen LogP contribution in [0.3, 0.4) is 0 Å². The molecule has 0 aromatic rings. The Morgan fingerprint density at radius 1 is 1.18 bits per heavy atom. The van der Waals surface area contributed by atoms with Crippen LogP contribution in [0.25, 0.3) is 0 Å². The summed E-state index contributed by atoms with van der Waals surface area (Å²) in [5.41, 5.74) is 0. The maximum absolute atomic E-state index is 2.37. The van der Waals surface area contributed by atoms with Gasteiger partial charge in [0.2, 0.25) is 0 Å². The van der Waals surface area contributed by atoms with Gasteiger partial charge in [0.25, 0.3) is 0 Å². The van der Waals surface area contributed by atoms with Gasteiger partial charge in [-0.3, -0.25) is 0 Å². The molecule has 1 atom stereocenters. The number of hydrogen-bond acceptors (Lipinski definition) is 0. The van der Waals surface area contributed by atoms with Crippen molar-refractivity contribution < 1.29 is 0 Å². The van der Waals surface area contributed by atoms with E-state index in [-0.39, 0.29) is 0 Å². The van der Waals surface area contributed by atoms with Gasteiger partial charge in [-0.05, 0) is 18.3 Å². The highest BCUT2D eigenvalue weighted by Gasteiger charge is 2.02. The first kappa shape index (κ1) is 11.0. The van der Waals surface area contributed by atoms with E-state index in [1.165, 1.54) is 32.1 Å². The average Bonchev–Trinajstić information content (AvgIpc) is 1.97. The molecule has 0 amide bonds. The van der Waals surface area contributed by atoms with Crippen LogP contribution in [0, 0.1) is 11.8 Å². The van der Waals surface area contributed by atoms with Crippen LogP contribution >= 0.6 is 0 Å². The van der Waals surface area contributed by atoms with E-state index in [1.54, 1.807) is 5.92 Å². The van der Waals surface area contributed by atoms with Crippen molar-refractivity contribution in [1.29, 1.82) is 0 Å². The zero-order valence-electron chi connectivity index (χ0n) is 8.61. The maximum atomic E-state index is 2.37. The second-order valence-corrected chi connectivity index (χ2v) is 3.99. The van der Waals surface area contributed by atoms with Crippen LogP contribution in [0.2, 0.25) is 0 Å². The molecule has 0 heteroatoms. The van der Waals surface area contributed by atoms with Crippen LogP contribution in [-0.2, 0) is 0 Å². The predicted octanol–water partition coefficient (Wildman–Crippen LogP) is 4.21. The first-order chi connectivity index (χ1) is 5.16. The van der Waals surface area contributed by atoms with Crippen molar-refractivity contribution in [2.24, 2.45) is 5.92 Å². The second-order valence-electron chi connectivity index (χ2n) is 3.99. The zero-order chi connectivity index (χ0) is 8.69. The molecule has 0 bridgehead atoms. The summed E-state index contributed by atoms with van der Waals surface area (Å²) < 4.78 is 0. The van der Waals surface area contributed by atoms with Crippen molar-refractivity contribution in [3.05, 3.63) is 5.92 Å². The van der Waals surface area contributed by atoms with E-state index >= 15 is 0 Å². The first-order valence-electron chi connectivity index (χ1n) is 4.95. The molecular weight excluding hydrogens is 132 g/mol. The third kappa shape index (κ3) is 7.90. The minimum Gasteiger partial charge on any atom is -0.0654 e. The third-order valence-electron chi connectivity index (χ3n) is 2.19.